The first kappa shape index (κ1) is 17.6. The minimum absolute atomic E-state index is 0.0149. The van der Waals surface area contributed by atoms with Crippen molar-refractivity contribution < 1.29 is 22.7 Å². The summed E-state index contributed by atoms with van der Waals surface area (Å²) in [5, 5.41) is 5.95. The van der Waals surface area contributed by atoms with Crippen LogP contribution in [0.1, 0.15) is 25.3 Å². The molecule has 1 aromatic carbocycles. The van der Waals surface area contributed by atoms with Crippen LogP contribution in [0.25, 0.3) is 0 Å². The van der Waals surface area contributed by atoms with Crippen LogP contribution >= 0.6 is 0 Å². The smallest absolute Gasteiger partial charge is 0.419 e. The number of nitrogens with one attached hydrogen (secondary N) is 2. The number of piperidine rings is 1. The Hall–Kier alpha value is -1.76. The summed E-state index contributed by atoms with van der Waals surface area (Å²) in [4.78, 5) is 12.1. The molecule has 2 rings (SSSR count). The first-order valence-corrected chi connectivity index (χ1v) is 7.68. The van der Waals surface area contributed by atoms with E-state index < -0.39 is 11.7 Å². The molecule has 2 unspecified atom stereocenters. The molecule has 0 aromatic heterocycles. The molecule has 1 amide bonds. The number of halogens is 3. The summed E-state index contributed by atoms with van der Waals surface area (Å²) in [6.07, 6.45) is -2.69. The van der Waals surface area contributed by atoms with E-state index in [1.807, 2.05) is 0 Å². The Bertz CT molecular complexity index is 528. The van der Waals surface area contributed by atoms with Crippen molar-refractivity contribution >= 4 is 5.91 Å². The minimum atomic E-state index is -4.46. The fourth-order valence-corrected chi connectivity index (χ4v) is 2.52. The van der Waals surface area contributed by atoms with Crippen molar-refractivity contribution in [1.29, 1.82) is 0 Å². The summed E-state index contributed by atoms with van der Waals surface area (Å²) < 4.78 is 43.9. The summed E-state index contributed by atoms with van der Waals surface area (Å²) >= 11 is 0. The number of hydrogen-bond donors (Lipinski definition) is 2. The van der Waals surface area contributed by atoms with Gasteiger partial charge in [0.2, 0.25) is 5.91 Å². The Morgan fingerprint density at radius 1 is 1.43 bits per heavy atom. The molecule has 1 aliphatic rings. The van der Waals surface area contributed by atoms with E-state index in [2.05, 4.69) is 10.6 Å². The van der Waals surface area contributed by atoms with Crippen molar-refractivity contribution in [3.63, 3.8) is 0 Å². The zero-order valence-corrected chi connectivity index (χ0v) is 13.0. The van der Waals surface area contributed by atoms with Crippen LogP contribution in [0.4, 0.5) is 13.2 Å². The number of para-hydroxylation sites is 1. The number of carbonyl (C=O) groups is 1. The molecule has 1 aromatic rings. The van der Waals surface area contributed by atoms with Crippen molar-refractivity contribution in [2.24, 2.45) is 5.92 Å². The molecule has 1 heterocycles. The van der Waals surface area contributed by atoms with Gasteiger partial charge in [0.15, 0.2) is 0 Å². The fraction of sp³-hybridized carbons (Fsp3) is 0.562. The van der Waals surface area contributed by atoms with Crippen molar-refractivity contribution in [2.75, 3.05) is 19.7 Å². The van der Waals surface area contributed by atoms with Gasteiger partial charge in [0.05, 0.1) is 17.5 Å². The van der Waals surface area contributed by atoms with E-state index in [1.54, 1.807) is 6.92 Å². The van der Waals surface area contributed by atoms with Gasteiger partial charge < -0.3 is 15.4 Å². The third-order valence-corrected chi connectivity index (χ3v) is 3.74. The van der Waals surface area contributed by atoms with Crippen LogP contribution < -0.4 is 15.4 Å². The third-order valence-electron chi connectivity index (χ3n) is 3.74. The Morgan fingerprint density at radius 2 is 2.17 bits per heavy atom. The highest BCUT2D eigenvalue weighted by Crippen LogP contribution is 2.35. The molecule has 0 bridgehead atoms. The van der Waals surface area contributed by atoms with Crippen molar-refractivity contribution in [2.45, 2.75) is 32.0 Å². The number of rotatable bonds is 5. The maximum Gasteiger partial charge on any atom is 0.419 e. The molecule has 0 radical (unpaired) electrons. The Balaban J connectivity index is 1.87. The highest BCUT2D eigenvalue weighted by Gasteiger charge is 2.34. The standard InChI is InChI=1S/C16H21F3N2O2/c1-11(21-15(22)12-5-4-8-20-9-12)10-23-14-7-3-2-6-13(14)16(17,18)19/h2-3,6-7,11-12,20H,4-5,8-10H2,1H3,(H,21,22). The van der Waals surface area contributed by atoms with Gasteiger partial charge in [0.1, 0.15) is 12.4 Å². The average Bonchev–Trinajstić information content (AvgIpc) is 2.53. The lowest BCUT2D eigenvalue weighted by Gasteiger charge is -2.24. The van der Waals surface area contributed by atoms with Crippen LogP contribution in [-0.2, 0) is 11.0 Å². The molecule has 0 spiro atoms. The molecule has 128 valence electrons. The maximum atomic E-state index is 12.9. The molecular weight excluding hydrogens is 309 g/mol. The Morgan fingerprint density at radius 3 is 2.83 bits per heavy atom. The second-order valence-electron chi connectivity index (χ2n) is 5.76. The minimum Gasteiger partial charge on any atom is -0.491 e. The zero-order valence-electron chi connectivity index (χ0n) is 13.0. The molecule has 2 N–H and O–H groups in total. The Kier molecular flexibility index (Phi) is 5.87. The van der Waals surface area contributed by atoms with Crippen molar-refractivity contribution in [1.82, 2.24) is 10.6 Å². The summed E-state index contributed by atoms with van der Waals surface area (Å²) in [6.45, 7) is 3.25. The van der Waals surface area contributed by atoms with Gasteiger partial charge >= 0.3 is 6.18 Å². The van der Waals surface area contributed by atoms with Crippen LogP contribution in [0, 0.1) is 5.92 Å². The van der Waals surface area contributed by atoms with Crippen LogP contribution in [-0.4, -0.2) is 31.6 Å². The van der Waals surface area contributed by atoms with Crippen LogP contribution in [0.2, 0.25) is 0 Å². The molecule has 0 aliphatic carbocycles. The highest BCUT2D eigenvalue weighted by atomic mass is 19.4. The lowest BCUT2D eigenvalue weighted by Crippen LogP contribution is -2.45. The van der Waals surface area contributed by atoms with E-state index in [4.69, 9.17) is 4.74 Å². The molecule has 1 saturated heterocycles. The van der Waals surface area contributed by atoms with Crippen molar-refractivity contribution in [3.05, 3.63) is 29.8 Å². The molecule has 23 heavy (non-hydrogen) atoms. The highest BCUT2D eigenvalue weighted by molar-refractivity contribution is 5.79. The molecular formula is C16H21F3N2O2. The molecule has 0 saturated carbocycles. The molecule has 7 heteroatoms. The first-order valence-electron chi connectivity index (χ1n) is 7.68. The van der Waals surface area contributed by atoms with Gasteiger partial charge in [-0.2, -0.15) is 13.2 Å². The SMILES string of the molecule is CC(COc1ccccc1C(F)(F)F)NC(=O)C1CCCNC1. The van der Waals surface area contributed by atoms with Gasteiger partial charge in [-0.1, -0.05) is 12.1 Å². The molecule has 2 atom stereocenters. The van der Waals surface area contributed by atoms with E-state index >= 15 is 0 Å². The number of ether oxygens (including phenoxy) is 1. The third kappa shape index (κ3) is 5.13. The van der Waals surface area contributed by atoms with E-state index in [1.165, 1.54) is 18.2 Å². The quantitative estimate of drug-likeness (QED) is 0.872. The van der Waals surface area contributed by atoms with E-state index in [-0.39, 0.29) is 30.2 Å². The largest absolute Gasteiger partial charge is 0.491 e. The van der Waals surface area contributed by atoms with Gasteiger partial charge in [-0.25, -0.2) is 0 Å². The topological polar surface area (TPSA) is 50.4 Å². The van der Waals surface area contributed by atoms with Gasteiger partial charge in [-0.15, -0.1) is 0 Å². The zero-order chi connectivity index (χ0) is 16.9. The number of hydrogen-bond acceptors (Lipinski definition) is 3. The van der Waals surface area contributed by atoms with Gasteiger partial charge in [0.25, 0.3) is 0 Å². The normalized spacial score (nSPS) is 19.9. The van der Waals surface area contributed by atoms with E-state index in [0.717, 1.165) is 25.5 Å². The van der Waals surface area contributed by atoms with Crippen molar-refractivity contribution in [3.8, 4) is 5.75 Å². The van der Waals surface area contributed by atoms with Gasteiger partial charge in [-0.05, 0) is 38.4 Å². The Labute approximate surface area is 133 Å². The number of amides is 1. The number of benzene rings is 1. The lowest BCUT2D eigenvalue weighted by molar-refractivity contribution is -0.139. The van der Waals surface area contributed by atoms with Crippen LogP contribution in [0.5, 0.6) is 5.75 Å². The van der Waals surface area contributed by atoms with Crippen LogP contribution in [0.3, 0.4) is 0 Å². The second-order valence-corrected chi connectivity index (χ2v) is 5.76. The average molecular weight is 330 g/mol. The predicted octanol–water partition coefficient (Wildman–Crippen LogP) is 2.59. The van der Waals surface area contributed by atoms with Crippen LogP contribution in [0.15, 0.2) is 24.3 Å². The summed E-state index contributed by atoms with van der Waals surface area (Å²) in [7, 11) is 0. The number of alkyl halides is 3. The molecule has 1 fully saturated rings. The van der Waals surface area contributed by atoms with E-state index in [9.17, 15) is 18.0 Å². The summed E-state index contributed by atoms with van der Waals surface area (Å²) in [6, 6.07) is 4.69. The fourth-order valence-electron chi connectivity index (χ4n) is 2.52. The second kappa shape index (κ2) is 7.68. The summed E-state index contributed by atoms with van der Waals surface area (Å²) in [5.41, 5.74) is -0.810. The van der Waals surface area contributed by atoms with Gasteiger partial charge in [-0.3, -0.25) is 4.79 Å². The predicted molar refractivity (Wildman–Crippen MR) is 80.1 cm³/mol. The molecule has 4 nitrogen and oxygen atoms in total. The number of carbonyl (C=O) groups excluding carboxylic acids is 1. The monoisotopic (exact) mass is 330 g/mol. The van der Waals surface area contributed by atoms with E-state index in [0.29, 0.717) is 6.54 Å². The maximum absolute atomic E-state index is 12.9. The lowest BCUT2D eigenvalue weighted by atomic mass is 9.98. The molecule has 1 aliphatic heterocycles. The van der Waals surface area contributed by atoms with Gasteiger partial charge in [0, 0.05) is 6.54 Å². The first-order chi connectivity index (χ1) is 10.9. The summed E-state index contributed by atoms with van der Waals surface area (Å²) in [5.74, 6) is -0.397.